The van der Waals surface area contributed by atoms with E-state index in [1.54, 1.807) is 0 Å². The van der Waals surface area contributed by atoms with Crippen LogP contribution in [0.4, 0.5) is 5.69 Å². The fourth-order valence-electron chi connectivity index (χ4n) is 1.66. The van der Waals surface area contributed by atoms with Crippen LogP contribution < -0.4 is 5.73 Å². The van der Waals surface area contributed by atoms with Crippen LogP contribution >= 0.6 is 0 Å². The summed E-state index contributed by atoms with van der Waals surface area (Å²) in [5.41, 5.74) is 9.27. The maximum atomic E-state index is 5.93. The second-order valence-electron chi connectivity index (χ2n) is 3.58. The first-order chi connectivity index (χ1) is 6.16. The minimum absolute atomic E-state index is 0.874. The Morgan fingerprint density at radius 3 is 2.46 bits per heavy atom. The number of aryl methyl sites for hydroxylation is 2. The molecule has 0 aliphatic rings. The second-order valence-corrected chi connectivity index (χ2v) is 3.58. The number of fused-ring (bicyclic) bond motifs is 1. The van der Waals surface area contributed by atoms with Gasteiger partial charge in [-0.3, -0.25) is 0 Å². The lowest BCUT2D eigenvalue weighted by Crippen LogP contribution is -1.88. The Bertz CT molecular complexity index is 458. The summed E-state index contributed by atoms with van der Waals surface area (Å²) in [6.07, 6.45) is 0. The Hall–Kier alpha value is -1.50. The summed E-state index contributed by atoms with van der Waals surface area (Å²) in [5.74, 6) is 0. The standard InChI is InChI=1S/C12H13N/c1-8-3-4-10-5-9(2)7-12(13)11(10)6-8/h3-7H,13H2,1-2H3. The molecule has 0 amide bonds. The van der Waals surface area contributed by atoms with E-state index in [4.69, 9.17) is 5.73 Å². The molecule has 2 N–H and O–H groups in total. The van der Waals surface area contributed by atoms with Crippen molar-refractivity contribution >= 4 is 16.5 Å². The first kappa shape index (κ1) is 8.11. The molecule has 0 heterocycles. The summed E-state index contributed by atoms with van der Waals surface area (Å²) >= 11 is 0. The van der Waals surface area contributed by atoms with Gasteiger partial charge in [-0.15, -0.1) is 0 Å². The molecule has 0 saturated heterocycles. The largest absolute Gasteiger partial charge is 0.398 e. The fraction of sp³-hybridized carbons (Fsp3) is 0.167. The smallest absolute Gasteiger partial charge is 0.0396 e. The van der Waals surface area contributed by atoms with Crippen molar-refractivity contribution in [3.63, 3.8) is 0 Å². The van der Waals surface area contributed by atoms with E-state index in [9.17, 15) is 0 Å². The van der Waals surface area contributed by atoms with Crippen molar-refractivity contribution in [2.75, 3.05) is 5.73 Å². The Kier molecular flexibility index (Phi) is 1.73. The average molecular weight is 171 g/mol. The maximum absolute atomic E-state index is 5.93. The molecule has 0 spiro atoms. The number of hydrogen-bond donors (Lipinski definition) is 1. The molecule has 2 aromatic rings. The van der Waals surface area contributed by atoms with Gasteiger partial charge in [0, 0.05) is 11.1 Å². The van der Waals surface area contributed by atoms with Crippen LogP contribution in [0.5, 0.6) is 0 Å². The van der Waals surface area contributed by atoms with Gasteiger partial charge in [-0.05, 0) is 36.9 Å². The number of nitrogens with two attached hydrogens (primary N) is 1. The molecule has 1 nitrogen and oxygen atoms in total. The highest BCUT2D eigenvalue weighted by molar-refractivity contribution is 5.93. The highest BCUT2D eigenvalue weighted by Crippen LogP contribution is 2.23. The van der Waals surface area contributed by atoms with Crippen molar-refractivity contribution in [1.82, 2.24) is 0 Å². The number of rotatable bonds is 0. The molecule has 0 fully saturated rings. The Morgan fingerprint density at radius 1 is 0.923 bits per heavy atom. The molecular weight excluding hydrogens is 158 g/mol. The molecule has 0 radical (unpaired) electrons. The average Bonchev–Trinajstić information content (AvgIpc) is 2.06. The number of benzene rings is 2. The van der Waals surface area contributed by atoms with Crippen molar-refractivity contribution < 1.29 is 0 Å². The molecule has 0 atom stereocenters. The van der Waals surface area contributed by atoms with Gasteiger partial charge in [0.05, 0.1) is 0 Å². The zero-order valence-electron chi connectivity index (χ0n) is 7.96. The SMILES string of the molecule is Cc1cc(N)c2cc(C)ccc2c1. The fourth-order valence-corrected chi connectivity index (χ4v) is 1.66. The number of hydrogen-bond acceptors (Lipinski definition) is 1. The zero-order chi connectivity index (χ0) is 9.42. The van der Waals surface area contributed by atoms with E-state index in [0.717, 1.165) is 11.1 Å². The summed E-state index contributed by atoms with van der Waals surface area (Å²) < 4.78 is 0. The predicted molar refractivity (Wildman–Crippen MR) is 57.8 cm³/mol. The molecule has 0 aliphatic carbocycles. The first-order valence-electron chi connectivity index (χ1n) is 4.43. The summed E-state index contributed by atoms with van der Waals surface area (Å²) in [6.45, 7) is 4.15. The third-order valence-electron chi connectivity index (χ3n) is 2.29. The third-order valence-corrected chi connectivity index (χ3v) is 2.29. The molecule has 0 saturated carbocycles. The van der Waals surface area contributed by atoms with E-state index >= 15 is 0 Å². The highest BCUT2D eigenvalue weighted by atomic mass is 14.5. The molecular formula is C12H13N. The van der Waals surface area contributed by atoms with Crippen molar-refractivity contribution in [2.45, 2.75) is 13.8 Å². The van der Waals surface area contributed by atoms with Crippen molar-refractivity contribution in [3.05, 3.63) is 41.5 Å². The molecule has 0 aliphatic heterocycles. The summed E-state index contributed by atoms with van der Waals surface area (Å²) in [7, 11) is 0. The highest BCUT2D eigenvalue weighted by Gasteiger charge is 1.98. The van der Waals surface area contributed by atoms with Crippen LogP contribution in [0, 0.1) is 13.8 Å². The van der Waals surface area contributed by atoms with E-state index in [0.29, 0.717) is 0 Å². The van der Waals surface area contributed by atoms with Crippen LogP contribution in [0.1, 0.15) is 11.1 Å². The van der Waals surface area contributed by atoms with Gasteiger partial charge in [0.1, 0.15) is 0 Å². The number of anilines is 1. The van der Waals surface area contributed by atoms with E-state index < -0.39 is 0 Å². The lowest BCUT2D eigenvalue weighted by molar-refractivity contribution is 1.47. The minimum Gasteiger partial charge on any atom is -0.398 e. The van der Waals surface area contributed by atoms with Gasteiger partial charge in [0.15, 0.2) is 0 Å². The van der Waals surface area contributed by atoms with E-state index in [2.05, 4.69) is 38.1 Å². The predicted octanol–water partition coefficient (Wildman–Crippen LogP) is 3.04. The molecule has 0 unspecified atom stereocenters. The van der Waals surface area contributed by atoms with Crippen molar-refractivity contribution in [3.8, 4) is 0 Å². The van der Waals surface area contributed by atoms with Crippen LogP contribution in [-0.2, 0) is 0 Å². The van der Waals surface area contributed by atoms with Crippen molar-refractivity contribution in [1.29, 1.82) is 0 Å². The van der Waals surface area contributed by atoms with Crippen LogP contribution in [0.3, 0.4) is 0 Å². The van der Waals surface area contributed by atoms with E-state index in [-0.39, 0.29) is 0 Å². The van der Waals surface area contributed by atoms with Crippen LogP contribution in [0.25, 0.3) is 10.8 Å². The van der Waals surface area contributed by atoms with E-state index in [1.807, 2.05) is 6.07 Å². The van der Waals surface area contributed by atoms with E-state index in [1.165, 1.54) is 16.5 Å². The Morgan fingerprint density at radius 2 is 1.69 bits per heavy atom. The quantitative estimate of drug-likeness (QED) is 0.606. The third kappa shape index (κ3) is 1.37. The van der Waals surface area contributed by atoms with Crippen LogP contribution in [0.2, 0.25) is 0 Å². The monoisotopic (exact) mass is 171 g/mol. The van der Waals surface area contributed by atoms with Gasteiger partial charge in [0.2, 0.25) is 0 Å². The zero-order valence-corrected chi connectivity index (χ0v) is 7.96. The van der Waals surface area contributed by atoms with Gasteiger partial charge < -0.3 is 5.73 Å². The van der Waals surface area contributed by atoms with Gasteiger partial charge in [-0.2, -0.15) is 0 Å². The second kappa shape index (κ2) is 2.77. The topological polar surface area (TPSA) is 26.0 Å². The minimum atomic E-state index is 0.874. The molecule has 2 rings (SSSR count). The maximum Gasteiger partial charge on any atom is 0.0396 e. The van der Waals surface area contributed by atoms with Crippen LogP contribution in [0.15, 0.2) is 30.3 Å². The summed E-state index contributed by atoms with van der Waals surface area (Å²) in [5, 5.41) is 2.38. The lowest BCUT2D eigenvalue weighted by atomic mass is 10.0. The van der Waals surface area contributed by atoms with Gasteiger partial charge >= 0.3 is 0 Å². The normalized spacial score (nSPS) is 10.6. The van der Waals surface area contributed by atoms with Gasteiger partial charge in [-0.1, -0.05) is 23.8 Å². The molecule has 1 heteroatoms. The Balaban J connectivity index is 2.87. The molecule has 0 aromatic heterocycles. The van der Waals surface area contributed by atoms with Gasteiger partial charge in [-0.25, -0.2) is 0 Å². The van der Waals surface area contributed by atoms with Gasteiger partial charge in [0.25, 0.3) is 0 Å². The summed E-state index contributed by atoms with van der Waals surface area (Å²) in [6, 6.07) is 10.5. The molecule has 0 bridgehead atoms. The van der Waals surface area contributed by atoms with Crippen molar-refractivity contribution in [2.24, 2.45) is 0 Å². The molecule has 66 valence electrons. The molecule has 2 aromatic carbocycles. The molecule has 13 heavy (non-hydrogen) atoms. The summed E-state index contributed by atoms with van der Waals surface area (Å²) in [4.78, 5) is 0. The lowest BCUT2D eigenvalue weighted by Gasteiger charge is -2.04. The number of nitrogen functional groups attached to an aromatic ring is 1. The van der Waals surface area contributed by atoms with Crippen LogP contribution in [-0.4, -0.2) is 0 Å². The first-order valence-corrected chi connectivity index (χ1v) is 4.43. The Labute approximate surface area is 78.2 Å².